The van der Waals surface area contributed by atoms with E-state index in [1.165, 1.54) is 61.8 Å². The molecular formula is C20H30N2. The highest BCUT2D eigenvalue weighted by Crippen LogP contribution is 2.32. The van der Waals surface area contributed by atoms with E-state index in [1.54, 1.807) is 0 Å². The van der Waals surface area contributed by atoms with Crippen LogP contribution in [0.2, 0.25) is 0 Å². The molecule has 0 aliphatic heterocycles. The smallest absolute Gasteiger partial charge is 0.0474 e. The van der Waals surface area contributed by atoms with Crippen molar-refractivity contribution in [2.75, 3.05) is 7.05 Å². The molecule has 2 aliphatic carbocycles. The minimum atomic E-state index is 0.507. The minimum absolute atomic E-state index is 0.507. The van der Waals surface area contributed by atoms with Gasteiger partial charge in [0.25, 0.3) is 0 Å². The summed E-state index contributed by atoms with van der Waals surface area (Å²) < 4.78 is 0. The Hall–Kier alpha value is -1.28. The van der Waals surface area contributed by atoms with Gasteiger partial charge in [-0.3, -0.25) is 0 Å². The highest BCUT2D eigenvalue weighted by atomic mass is 15.0. The van der Waals surface area contributed by atoms with Crippen LogP contribution in [0, 0.1) is 5.92 Å². The number of nitrogens with one attached hydrogen (secondary N) is 2. The fraction of sp³-hybridized carbons (Fsp3) is 0.600. The van der Waals surface area contributed by atoms with Crippen molar-refractivity contribution >= 4 is 5.57 Å². The van der Waals surface area contributed by atoms with Crippen molar-refractivity contribution in [3.8, 4) is 0 Å². The lowest BCUT2D eigenvalue weighted by Crippen LogP contribution is -2.45. The molecule has 1 unspecified atom stereocenters. The van der Waals surface area contributed by atoms with Gasteiger partial charge in [0.15, 0.2) is 0 Å². The number of likely N-dealkylation sites (N-methyl/N-ethyl adjacent to an activating group) is 1. The molecule has 120 valence electrons. The second-order valence-corrected chi connectivity index (χ2v) is 7.08. The highest BCUT2D eigenvalue weighted by Gasteiger charge is 2.27. The Balaban J connectivity index is 1.76. The zero-order valence-electron chi connectivity index (χ0n) is 14.1. The maximum atomic E-state index is 3.96. The van der Waals surface area contributed by atoms with Gasteiger partial charge in [-0.15, -0.1) is 0 Å². The molecule has 0 radical (unpaired) electrons. The van der Waals surface area contributed by atoms with E-state index in [2.05, 4.69) is 54.9 Å². The molecule has 22 heavy (non-hydrogen) atoms. The third kappa shape index (κ3) is 3.55. The van der Waals surface area contributed by atoms with Crippen LogP contribution in [-0.4, -0.2) is 19.1 Å². The van der Waals surface area contributed by atoms with Gasteiger partial charge < -0.3 is 10.6 Å². The van der Waals surface area contributed by atoms with Crippen LogP contribution in [0.15, 0.2) is 36.0 Å². The summed E-state index contributed by atoms with van der Waals surface area (Å²) >= 11 is 0. The molecule has 0 aromatic heterocycles. The molecule has 1 aromatic carbocycles. The topological polar surface area (TPSA) is 24.1 Å². The summed E-state index contributed by atoms with van der Waals surface area (Å²) in [6, 6.07) is 12.1. The van der Waals surface area contributed by atoms with E-state index in [1.807, 2.05) is 0 Å². The number of rotatable bonds is 4. The van der Waals surface area contributed by atoms with Gasteiger partial charge in [-0.25, -0.2) is 0 Å². The molecule has 0 amide bonds. The summed E-state index contributed by atoms with van der Waals surface area (Å²) in [4.78, 5) is 0. The Morgan fingerprint density at radius 3 is 2.36 bits per heavy atom. The first-order valence-electron chi connectivity index (χ1n) is 9.00. The highest BCUT2D eigenvalue weighted by molar-refractivity contribution is 5.70. The molecule has 0 bridgehead atoms. The molecular weight excluding hydrogens is 268 g/mol. The molecule has 1 aromatic rings. The maximum absolute atomic E-state index is 3.96. The van der Waals surface area contributed by atoms with E-state index >= 15 is 0 Å². The Kier molecular flexibility index (Phi) is 5.20. The Morgan fingerprint density at radius 2 is 1.68 bits per heavy atom. The summed E-state index contributed by atoms with van der Waals surface area (Å²) in [5, 5.41) is 7.48. The third-order valence-corrected chi connectivity index (χ3v) is 5.44. The largest absolute Gasteiger partial charge is 0.390 e. The van der Waals surface area contributed by atoms with Gasteiger partial charge in [-0.05, 0) is 62.0 Å². The zero-order valence-corrected chi connectivity index (χ0v) is 14.1. The van der Waals surface area contributed by atoms with Gasteiger partial charge in [-0.1, -0.05) is 37.3 Å². The summed E-state index contributed by atoms with van der Waals surface area (Å²) in [6.45, 7) is 2.39. The quantitative estimate of drug-likeness (QED) is 0.864. The van der Waals surface area contributed by atoms with Crippen molar-refractivity contribution in [1.29, 1.82) is 0 Å². The molecule has 2 N–H and O–H groups in total. The van der Waals surface area contributed by atoms with Crippen molar-refractivity contribution in [1.82, 2.24) is 10.6 Å². The fourth-order valence-corrected chi connectivity index (χ4v) is 4.11. The molecule has 2 heteroatoms. The third-order valence-electron chi connectivity index (χ3n) is 5.44. The van der Waals surface area contributed by atoms with Crippen LogP contribution >= 0.6 is 0 Å². The Morgan fingerprint density at radius 1 is 0.955 bits per heavy atom. The molecule has 0 spiro atoms. The second-order valence-electron chi connectivity index (χ2n) is 7.08. The summed E-state index contributed by atoms with van der Waals surface area (Å²) in [5.41, 5.74) is 4.32. The lowest BCUT2D eigenvalue weighted by atomic mass is 9.84. The number of allylic oxidation sites excluding steroid dienone is 1. The molecule has 2 nitrogen and oxygen atoms in total. The summed E-state index contributed by atoms with van der Waals surface area (Å²) in [7, 11) is 2.08. The monoisotopic (exact) mass is 298 g/mol. The average Bonchev–Trinajstić information content (AvgIpc) is 2.57. The molecule has 1 fully saturated rings. The van der Waals surface area contributed by atoms with Crippen LogP contribution < -0.4 is 10.6 Å². The molecule has 2 aliphatic rings. The van der Waals surface area contributed by atoms with Crippen LogP contribution in [0.5, 0.6) is 0 Å². The van der Waals surface area contributed by atoms with Gasteiger partial charge in [0.2, 0.25) is 0 Å². The van der Waals surface area contributed by atoms with E-state index in [-0.39, 0.29) is 0 Å². The van der Waals surface area contributed by atoms with Gasteiger partial charge >= 0.3 is 0 Å². The molecule has 3 rings (SSSR count). The summed E-state index contributed by atoms with van der Waals surface area (Å²) in [5.74, 6) is 0.920. The van der Waals surface area contributed by atoms with E-state index in [0.29, 0.717) is 12.1 Å². The lowest BCUT2D eigenvalue weighted by Gasteiger charge is -2.35. The second kappa shape index (κ2) is 7.32. The van der Waals surface area contributed by atoms with Crippen molar-refractivity contribution < 1.29 is 0 Å². The zero-order chi connectivity index (χ0) is 15.4. The first kappa shape index (κ1) is 15.6. The van der Waals surface area contributed by atoms with Gasteiger partial charge in [0, 0.05) is 24.8 Å². The van der Waals surface area contributed by atoms with Crippen molar-refractivity contribution in [3.05, 3.63) is 41.6 Å². The maximum Gasteiger partial charge on any atom is 0.0474 e. The van der Waals surface area contributed by atoms with Crippen LogP contribution in [0.25, 0.3) is 5.57 Å². The van der Waals surface area contributed by atoms with Crippen LogP contribution in [-0.2, 0) is 0 Å². The molecule has 1 atom stereocenters. The molecule has 1 saturated carbocycles. The van der Waals surface area contributed by atoms with Crippen LogP contribution in [0.3, 0.4) is 0 Å². The van der Waals surface area contributed by atoms with Crippen LogP contribution in [0.4, 0.5) is 0 Å². The predicted molar refractivity (Wildman–Crippen MR) is 94.6 cm³/mol. The normalized spacial score (nSPS) is 29.5. The number of hydrogen-bond acceptors (Lipinski definition) is 2. The molecule has 0 saturated heterocycles. The predicted octanol–water partition coefficient (Wildman–Crippen LogP) is 4.34. The fourth-order valence-electron chi connectivity index (χ4n) is 4.11. The Labute approximate surface area is 135 Å². The van der Waals surface area contributed by atoms with Crippen molar-refractivity contribution in [3.63, 3.8) is 0 Å². The average molecular weight is 298 g/mol. The van der Waals surface area contributed by atoms with E-state index < -0.39 is 0 Å². The van der Waals surface area contributed by atoms with Crippen LogP contribution in [0.1, 0.15) is 57.4 Å². The van der Waals surface area contributed by atoms with Gasteiger partial charge in [0.1, 0.15) is 0 Å². The standard InChI is InChI=1S/C20H30N2/c1-15-11-13-17(14-12-15)22-19-10-6-9-18(20(19)21-2)16-7-4-3-5-8-16/h3-5,7-8,15,17,19,21-22H,6,9-14H2,1-2H3. The first-order chi connectivity index (χ1) is 10.8. The van der Waals surface area contributed by atoms with Gasteiger partial charge in [-0.2, -0.15) is 0 Å². The number of benzene rings is 1. The van der Waals surface area contributed by atoms with E-state index in [9.17, 15) is 0 Å². The molecule has 0 heterocycles. The summed E-state index contributed by atoms with van der Waals surface area (Å²) in [6.07, 6.45) is 9.20. The minimum Gasteiger partial charge on any atom is -0.390 e. The number of hydrogen-bond donors (Lipinski definition) is 2. The van der Waals surface area contributed by atoms with Gasteiger partial charge in [0.05, 0.1) is 0 Å². The Bertz CT molecular complexity index is 498. The lowest BCUT2D eigenvalue weighted by molar-refractivity contribution is 0.286. The SMILES string of the molecule is CNC1=C(c2ccccc2)CCCC1NC1CCC(C)CC1. The van der Waals surface area contributed by atoms with E-state index in [0.717, 1.165) is 5.92 Å². The first-order valence-corrected chi connectivity index (χ1v) is 9.00. The van der Waals surface area contributed by atoms with Crippen molar-refractivity contribution in [2.24, 2.45) is 5.92 Å². The van der Waals surface area contributed by atoms with E-state index in [4.69, 9.17) is 0 Å². The van der Waals surface area contributed by atoms with Crippen molar-refractivity contribution in [2.45, 2.75) is 64.0 Å².